The molecule has 2 amide bonds. The van der Waals surface area contributed by atoms with E-state index in [0.717, 1.165) is 59.2 Å². The van der Waals surface area contributed by atoms with Crippen LogP contribution in [0.25, 0.3) is 0 Å². The van der Waals surface area contributed by atoms with Gasteiger partial charge in [-0.05, 0) is 69.3 Å². The van der Waals surface area contributed by atoms with Crippen molar-refractivity contribution in [3.63, 3.8) is 0 Å². The van der Waals surface area contributed by atoms with Crippen molar-refractivity contribution in [1.29, 1.82) is 0 Å². The van der Waals surface area contributed by atoms with E-state index in [9.17, 15) is 9.59 Å². The van der Waals surface area contributed by atoms with Gasteiger partial charge < -0.3 is 10.2 Å². The summed E-state index contributed by atoms with van der Waals surface area (Å²) in [6.07, 6.45) is 2.09. The van der Waals surface area contributed by atoms with Crippen LogP contribution in [0.3, 0.4) is 0 Å². The largest absolute Gasteiger partial charge is 0.340 e. The van der Waals surface area contributed by atoms with Crippen LogP contribution in [0.1, 0.15) is 18.4 Å². The van der Waals surface area contributed by atoms with Crippen LogP contribution in [0.4, 0.5) is 5.69 Å². The number of rotatable bonds is 4. The lowest BCUT2D eigenvalue weighted by Crippen LogP contribution is -2.50. The Bertz CT molecular complexity index is 630. The molecule has 0 spiro atoms. The fourth-order valence-corrected chi connectivity index (χ4v) is 4.53. The van der Waals surface area contributed by atoms with Crippen LogP contribution in [-0.2, 0) is 9.59 Å². The minimum atomic E-state index is -0.0396. The van der Waals surface area contributed by atoms with Gasteiger partial charge in [0.2, 0.25) is 11.8 Å². The molecule has 0 unspecified atom stereocenters. The normalized spacial score (nSPS) is 18.5. The van der Waals surface area contributed by atoms with Gasteiger partial charge in [0.15, 0.2) is 0 Å². The molecule has 0 radical (unpaired) electrons. The summed E-state index contributed by atoms with van der Waals surface area (Å²) in [7, 11) is 0. The number of aryl methyl sites for hydroxylation is 1. The maximum absolute atomic E-state index is 12.3. The number of carbonyl (C=O) groups is 2. The van der Waals surface area contributed by atoms with Crippen LogP contribution >= 0.6 is 31.9 Å². The van der Waals surface area contributed by atoms with Gasteiger partial charge in [0.25, 0.3) is 0 Å². The number of hydrogen-bond acceptors (Lipinski definition) is 3. The number of hydrogen-bond donors (Lipinski definition) is 1. The van der Waals surface area contributed by atoms with Gasteiger partial charge in [-0.25, -0.2) is 0 Å². The monoisotopic (exact) mass is 457 g/mol. The quantitative estimate of drug-likeness (QED) is 0.754. The van der Waals surface area contributed by atoms with Crippen molar-refractivity contribution < 1.29 is 9.59 Å². The second-order valence-electron chi connectivity index (χ2n) is 6.53. The zero-order chi connectivity index (χ0) is 17.3. The molecule has 1 aromatic carbocycles. The average molecular weight is 459 g/mol. The molecular formula is C17H21Br2N3O2. The lowest BCUT2D eigenvalue weighted by molar-refractivity contribution is -0.134. The first-order chi connectivity index (χ1) is 11.4. The standard InChI is InChI=1S/C17H21Br2N3O2/c1-11-8-13(18)16(14(19)9-11)20-15(23)10-21-4-6-22(7-5-21)17(24)12-2-3-12/h8-9,12H,2-7,10H2,1H3,(H,20,23). The van der Waals surface area contributed by atoms with Gasteiger partial charge in [-0.3, -0.25) is 14.5 Å². The SMILES string of the molecule is Cc1cc(Br)c(NC(=O)CN2CCN(C(=O)C3CC3)CC2)c(Br)c1. The van der Waals surface area contributed by atoms with Crippen molar-refractivity contribution in [2.24, 2.45) is 5.92 Å². The van der Waals surface area contributed by atoms with Crippen LogP contribution in [0.2, 0.25) is 0 Å². The minimum Gasteiger partial charge on any atom is -0.340 e. The van der Waals surface area contributed by atoms with Crippen molar-refractivity contribution in [3.05, 3.63) is 26.6 Å². The average Bonchev–Trinajstić information content (AvgIpc) is 3.36. The molecule has 0 bridgehead atoms. The third-order valence-corrected chi connectivity index (χ3v) is 5.68. The first-order valence-corrected chi connectivity index (χ1v) is 9.79. The topological polar surface area (TPSA) is 52.7 Å². The summed E-state index contributed by atoms with van der Waals surface area (Å²) >= 11 is 6.98. The number of halogens is 2. The summed E-state index contributed by atoms with van der Waals surface area (Å²) in [4.78, 5) is 28.4. The lowest BCUT2D eigenvalue weighted by Gasteiger charge is -2.34. The highest BCUT2D eigenvalue weighted by Crippen LogP contribution is 2.32. The number of benzene rings is 1. The van der Waals surface area contributed by atoms with E-state index in [1.54, 1.807) is 0 Å². The highest BCUT2D eigenvalue weighted by Gasteiger charge is 2.34. The molecule has 1 saturated carbocycles. The van der Waals surface area contributed by atoms with Gasteiger partial charge in [-0.1, -0.05) is 0 Å². The van der Waals surface area contributed by atoms with E-state index in [1.807, 2.05) is 24.0 Å². The van der Waals surface area contributed by atoms with Gasteiger partial charge in [0, 0.05) is 41.0 Å². The van der Waals surface area contributed by atoms with Crippen LogP contribution in [0.15, 0.2) is 21.1 Å². The zero-order valence-corrected chi connectivity index (χ0v) is 16.8. The van der Waals surface area contributed by atoms with E-state index in [4.69, 9.17) is 0 Å². The molecule has 2 fully saturated rings. The van der Waals surface area contributed by atoms with Crippen molar-refractivity contribution in [1.82, 2.24) is 9.80 Å². The van der Waals surface area contributed by atoms with E-state index < -0.39 is 0 Å². The summed E-state index contributed by atoms with van der Waals surface area (Å²) in [6, 6.07) is 3.95. The summed E-state index contributed by atoms with van der Waals surface area (Å²) in [6.45, 7) is 5.30. The number of anilines is 1. The molecule has 3 rings (SSSR count). The van der Waals surface area contributed by atoms with Crippen molar-refractivity contribution in [2.45, 2.75) is 19.8 Å². The van der Waals surface area contributed by atoms with E-state index in [-0.39, 0.29) is 11.8 Å². The van der Waals surface area contributed by atoms with Gasteiger partial charge in [-0.15, -0.1) is 0 Å². The van der Waals surface area contributed by atoms with Crippen LogP contribution in [-0.4, -0.2) is 54.3 Å². The Kier molecular flexibility index (Phi) is 5.62. The predicted octanol–water partition coefficient (Wildman–Crippen LogP) is 3.01. The molecule has 1 aliphatic heterocycles. The minimum absolute atomic E-state index is 0.0396. The molecule has 1 N–H and O–H groups in total. The van der Waals surface area contributed by atoms with Crippen LogP contribution in [0.5, 0.6) is 0 Å². The Morgan fingerprint density at radius 1 is 1.12 bits per heavy atom. The Labute approximate surface area is 159 Å². The van der Waals surface area contributed by atoms with Gasteiger partial charge in [-0.2, -0.15) is 0 Å². The highest BCUT2D eigenvalue weighted by atomic mass is 79.9. The predicted molar refractivity (Wildman–Crippen MR) is 101 cm³/mol. The van der Waals surface area contributed by atoms with Crippen LogP contribution < -0.4 is 5.32 Å². The van der Waals surface area contributed by atoms with E-state index >= 15 is 0 Å². The van der Waals surface area contributed by atoms with Crippen molar-refractivity contribution in [2.75, 3.05) is 38.0 Å². The van der Waals surface area contributed by atoms with E-state index in [0.29, 0.717) is 12.5 Å². The molecule has 0 aromatic heterocycles. The number of nitrogens with zero attached hydrogens (tertiary/aromatic N) is 2. The molecule has 130 valence electrons. The molecule has 1 heterocycles. The van der Waals surface area contributed by atoms with E-state index in [2.05, 4.69) is 42.1 Å². The van der Waals surface area contributed by atoms with Crippen molar-refractivity contribution >= 4 is 49.4 Å². The number of carbonyl (C=O) groups excluding carboxylic acids is 2. The summed E-state index contributed by atoms with van der Waals surface area (Å²) in [5.41, 5.74) is 1.87. The molecule has 1 aromatic rings. The van der Waals surface area contributed by atoms with E-state index in [1.165, 1.54) is 0 Å². The molecule has 1 saturated heterocycles. The highest BCUT2D eigenvalue weighted by molar-refractivity contribution is 9.11. The Balaban J connectivity index is 1.50. The maximum Gasteiger partial charge on any atom is 0.238 e. The maximum atomic E-state index is 12.3. The number of piperazine rings is 1. The van der Waals surface area contributed by atoms with Gasteiger partial charge in [0.05, 0.1) is 12.2 Å². The Morgan fingerprint density at radius 2 is 1.71 bits per heavy atom. The summed E-state index contributed by atoms with van der Waals surface area (Å²) < 4.78 is 1.73. The second kappa shape index (κ2) is 7.54. The Hall–Kier alpha value is -0.920. The third-order valence-electron chi connectivity index (χ3n) is 4.43. The Morgan fingerprint density at radius 3 is 2.25 bits per heavy atom. The fourth-order valence-electron chi connectivity index (χ4n) is 2.92. The molecule has 7 heteroatoms. The summed E-state index contributed by atoms with van der Waals surface area (Å²) in [5, 5.41) is 2.96. The molecule has 0 atom stereocenters. The molecular weight excluding hydrogens is 438 g/mol. The van der Waals surface area contributed by atoms with Crippen LogP contribution in [0, 0.1) is 12.8 Å². The molecule has 2 aliphatic rings. The smallest absolute Gasteiger partial charge is 0.238 e. The number of amides is 2. The first kappa shape index (κ1) is 17.9. The third kappa shape index (κ3) is 4.37. The zero-order valence-electron chi connectivity index (χ0n) is 13.6. The number of nitrogens with one attached hydrogen (secondary N) is 1. The first-order valence-electron chi connectivity index (χ1n) is 8.20. The van der Waals surface area contributed by atoms with Gasteiger partial charge in [0.1, 0.15) is 0 Å². The van der Waals surface area contributed by atoms with Gasteiger partial charge >= 0.3 is 0 Å². The fraction of sp³-hybridized carbons (Fsp3) is 0.529. The molecule has 1 aliphatic carbocycles. The lowest BCUT2D eigenvalue weighted by atomic mass is 10.2. The molecule has 24 heavy (non-hydrogen) atoms. The van der Waals surface area contributed by atoms with Crippen molar-refractivity contribution in [3.8, 4) is 0 Å². The second-order valence-corrected chi connectivity index (χ2v) is 8.24. The molecule has 5 nitrogen and oxygen atoms in total. The summed E-state index contributed by atoms with van der Waals surface area (Å²) in [5.74, 6) is 0.532.